The number of rotatable bonds is 3. The molecule has 0 aromatic carbocycles. The number of aryl methyl sites for hydroxylation is 1. The molecule has 2 aromatic rings. The Labute approximate surface area is 99.3 Å². The second-order valence-electron chi connectivity index (χ2n) is 3.59. The van der Waals surface area contributed by atoms with Crippen LogP contribution in [0.15, 0.2) is 24.7 Å². The Bertz CT molecular complexity index is 473. The normalized spacial score (nSPS) is 10.7. The Balaban J connectivity index is 2.36. The Morgan fingerprint density at radius 1 is 1.44 bits per heavy atom. The van der Waals surface area contributed by atoms with Gasteiger partial charge >= 0.3 is 0 Å². The highest BCUT2D eigenvalue weighted by Crippen LogP contribution is 2.16. The van der Waals surface area contributed by atoms with Crippen molar-refractivity contribution in [3.63, 3.8) is 0 Å². The van der Waals surface area contributed by atoms with Gasteiger partial charge in [0.25, 0.3) is 0 Å². The highest BCUT2D eigenvalue weighted by molar-refractivity contribution is 6.31. The summed E-state index contributed by atoms with van der Waals surface area (Å²) in [6.45, 7) is 2.67. The van der Waals surface area contributed by atoms with Crippen LogP contribution in [0.3, 0.4) is 0 Å². The van der Waals surface area contributed by atoms with Gasteiger partial charge in [0.05, 0.1) is 22.6 Å². The number of hydrogen-bond donors (Lipinski definition) is 1. The molecule has 0 amide bonds. The second kappa shape index (κ2) is 4.63. The minimum atomic E-state index is 0.666. The van der Waals surface area contributed by atoms with Crippen LogP contribution in [0.2, 0.25) is 5.02 Å². The molecule has 0 saturated carbocycles. The average molecular weight is 237 g/mol. The van der Waals surface area contributed by atoms with E-state index in [0.717, 1.165) is 23.5 Å². The molecule has 2 heterocycles. The third-order valence-electron chi connectivity index (χ3n) is 2.26. The van der Waals surface area contributed by atoms with Gasteiger partial charge in [-0.15, -0.1) is 0 Å². The maximum absolute atomic E-state index is 5.96. The zero-order valence-electron chi connectivity index (χ0n) is 9.24. The van der Waals surface area contributed by atoms with E-state index in [1.165, 1.54) is 0 Å². The lowest BCUT2D eigenvalue weighted by Crippen LogP contribution is -2.06. The quantitative estimate of drug-likeness (QED) is 0.886. The fraction of sp³-hybridized carbons (Fsp3) is 0.273. The van der Waals surface area contributed by atoms with E-state index >= 15 is 0 Å². The molecule has 0 saturated heterocycles. The van der Waals surface area contributed by atoms with Crippen molar-refractivity contribution in [3.05, 3.63) is 40.9 Å². The summed E-state index contributed by atoms with van der Waals surface area (Å²) in [7, 11) is 1.90. The molecule has 0 atom stereocenters. The molecule has 2 aromatic heterocycles. The van der Waals surface area contributed by atoms with Crippen LogP contribution in [0.4, 0.5) is 0 Å². The first kappa shape index (κ1) is 11.1. The predicted molar refractivity (Wildman–Crippen MR) is 63.9 cm³/mol. The molecule has 0 aliphatic heterocycles. The van der Waals surface area contributed by atoms with Gasteiger partial charge < -0.3 is 5.32 Å². The number of halogens is 1. The maximum atomic E-state index is 5.96. The van der Waals surface area contributed by atoms with Gasteiger partial charge in [0.2, 0.25) is 0 Å². The lowest BCUT2D eigenvalue weighted by molar-refractivity contribution is 0.802. The molecule has 0 radical (unpaired) electrons. The van der Waals surface area contributed by atoms with E-state index in [0.29, 0.717) is 5.02 Å². The Morgan fingerprint density at radius 2 is 2.25 bits per heavy atom. The summed E-state index contributed by atoms with van der Waals surface area (Å²) in [4.78, 5) is 4.17. The third-order valence-corrected chi connectivity index (χ3v) is 2.64. The van der Waals surface area contributed by atoms with Crippen molar-refractivity contribution in [1.82, 2.24) is 20.1 Å². The molecular formula is C11H13ClN4. The minimum absolute atomic E-state index is 0.666. The molecule has 0 unspecified atom stereocenters. The Morgan fingerprint density at radius 3 is 2.88 bits per heavy atom. The zero-order valence-corrected chi connectivity index (χ0v) is 9.99. The molecule has 0 spiro atoms. The van der Waals surface area contributed by atoms with Crippen molar-refractivity contribution < 1.29 is 0 Å². The summed E-state index contributed by atoms with van der Waals surface area (Å²) < 4.78 is 1.74. The molecule has 1 N–H and O–H groups in total. The summed E-state index contributed by atoms with van der Waals surface area (Å²) in [5, 5.41) is 8.06. The van der Waals surface area contributed by atoms with Crippen LogP contribution in [-0.4, -0.2) is 21.8 Å². The van der Waals surface area contributed by atoms with Gasteiger partial charge in [0.1, 0.15) is 0 Å². The van der Waals surface area contributed by atoms with Gasteiger partial charge in [0, 0.05) is 18.9 Å². The van der Waals surface area contributed by atoms with Crippen molar-refractivity contribution in [3.8, 4) is 5.69 Å². The summed E-state index contributed by atoms with van der Waals surface area (Å²) in [5.74, 6) is 0. The van der Waals surface area contributed by atoms with Crippen LogP contribution in [0.5, 0.6) is 0 Å². The minimum Gasteiger partial charge on any atom is -0.316 e. The topological polar surface area (TPSA) is 42.7 Å². The van der Waals surface area contributed by atoms with Crippen LogP contribution < -0.4 is 5.32 Å². The number of nitrogens with zero attached hydrogens (tertiary/aromatic N) is 3. The van der Waals surface area contributed by atoms with Crippen molar-refractivity contribution in [1.29, 1.82) is 0 Å². The van der Waals surface area contributed by atoms with Gasteiger partial charge in [-0.05, 0) is 25.6 Å². The summed E-state index contributed by atoms with van der Waals surface area (Å²) in [6.07, 6.45) is 5.39. The van der Waals surface area contributed by atoms with Crippen LogP contribution in [-0.2, 0) is 6.54 Å². The maximum Gasteiger partial charge on any atom is 0.0832 e. The van der Waals surface area contributed by atoms with Crippen LogP contribution in [0.25, 0.3) is 5.69 Å². The second-order valence-corrected chi connectivity index (χ2v) is 4.00. The molecule has 2 rings (SSSR count). The molecule has 4 nitrogen and oxygen atoms in total. The van der Waals surface area contributed by atoms with E-state index in [9.17, 15) is 0 Å². The smallest absolute Gasteiger partial charge is 0.0832 e. The molecule has 84 valence electrons. The van der Waals surface area contributed by atoms with Gasteiger partial charge in [-0.3, -0.25) is 4.98 Å². The number of aromatic nitrogens is 3. The molecule has 5 heteroatoms. The first-order valence-corrected chi connectivity index (χ1v) is 5.39. The Hall–Kier alpha value is -1.39. The molecule has 0 bridgehead atoms. The third kappa shape index (κ3) is 2.23. The van der Waals surface area contributed by atoms with Crippen molar-refractivity contribution in [2.75, 3.05) is 7.05 Å². The van der Waals surface area contributed by atoms with E-state index in [1.54, 1.807) is 17.1 Å². The average Bonchev–Trinajstić information content (AvgIpc) is 2.60. The zero-order chi connectivity index (χ0) is 11.5. The van der Waals surface area contributed by atoms with E-state index in [1.807, 2.05) is 26.2 Å². The lowest BCUT2D eigenvalue weighted by atomic mass is 10.2. The predicted octanol–water partition coefficient (Wildman–Crippen LogP) is 1.95. The molecule has 0 fully saturated rings. The summed E-state index contributed by atoms with van der Waals surface area (Å²) in [5.41, 5.74) is 2.85. The summed E-state index contributed by atoms with van der Waals surface area (Å²) in [6, 6.07) is 2.03. The van der Waals surface area contributed by atoms with E-state index in [-0.39, 0.29) is 0 Å². The van der Waals surface area contributed by atoms with Crippen LogP contribution >= 0.6 is 11.6 Å². The fourth-order valence-corrected chi connectivity index (χ4v) is 1.60. The molecule has 0 aliphatic rings. The van der Waals surface area contributed by atoms with Gasteiger partial charge in [-0.25, -0.2) is 4.68 Å². The largest absolute Gasteiger partial charge is 0.316 e. The highest BCUT2D eigenvalue weighted by Gasteiger charge is 2.04. The number of hydrogen-bond acceptors (Lipinski definition) is 3. The first-order chi connectivity index (χ1) is 7.70. The monoisotopic (exact) mass is 236 g/mol. The van der Waals surface area contributed by atoms with Gasteiger partial charge in [-0.2, -0.15) is 5.10 Å². The number of pyridine rings is 1. The van der Waals surface area contributed by atoms with E-state index < -0.39 is 0 Å². The molecule has 16 heavy (non-hydrogen) atoms. The SMILES string of the molecule is CNCc1cncc(-n2cc(Cl)c(C)n2)c1. The van der Waals surface area contributed by atoms with Crippen LogP contribution in [0.1, 0.15) is 11.3 Å². The van der Waals surface area contributed by atoms with Crippen molar-refractivity contribution in [2.45, 2.75) is 13.5 Å². The van der Waals surface area contributed by atoms with Crippen molar-refractivity contribution >= 4 is 11.6 Å². The first-order valence-electron chi connectivity index (χ1n) is 5.01. The summed E-state index contributed by atoms with van der Waals surface area (Å²) >= 11 is 5.96. The molecular weight excluding hydrogens is 224 g/mol. The molecule has 0 aliphatic carbocycles. The highest BCUT2D eigenvalue weighted by atomic mass is 35.5. The van der Waals surface area contributed by atoms with Gasteiger partial charge in [-0.1, -0.05) is 11.6 Å². The van der Waals surface area contributed by atoms with E-state index in [2.05, 4.69) is 15.4 Å². The van der Waals surface area contributed by atoms with Gasteiger partial charge in [0.15, 0.2) is 0 Å². The van der Waals surface area contributed by atoms with E-state index in [4.69, 9.17) is 11.6 Å². The lowest BCUT2D eigenvalue weighted by Gasteiger charge is -2.03. The number of nitrogens with one attached hydrogen (secondary N) is 1. The fourth-order valence-electron chi connectivity index (χ4n) is 1.47. The standard InChI is InChI=1S/C11H13ClN4/c1-8-11(12)7-16(15-8)10-3-9(4-13-2)5-14-6-10/h3,5-7,13H,4H2,1-2H3. The van der Waals surface area contributed by atoms with Crippen molar-refractivity contribution in [2.24, 2.45) is 0 Å². The Kier molecular flexibility index (Phi) is 3.22. The van der Waals surface area contributed by atoms with Crippen LogP contribution in [0, 0.1) is 6.92 Å².